The average molecular weight is 287 g/mol. The minimum absolute atomic E-state index is 0.538. The summed E-state index contributed by atoms with van der Waals surface area (Å²) in [5, 5.41) is 11.4. The van der Waals surface area contributed by atoms with Crippen LogP contribution >= 0.6 is 34.5 Å². The van der Waals surface area contributed by atoms with Crippen molar-refractivity contribution in [3.05, 3.63) is 55.2 Å². The Kier molecular flexibility index (Phi) is 3.79. The molecule has 1 nitrogen and oxygen atoms in total. The summed E-state index contributed by atoms with van der Waals surface area (Å²) in [7, 11) is 0. The number of halogens is 2. The molecule has 0 aliphatic heterocycles. The molecule has 1 atom stereocenters. The molecule has 0 radical (unpaired) electrons. The number of thiophene rings is 1. The highest BCUT2D eigenvalue weighted by molar-refractivity contribution is 7.12. The van der Waals surface area contributed by atoms with Crippen molar-refractivity contribution >= 4 is 34.5 Å². The Morgan fingerprint density at radius 1 is 1.06 bits per heavy atom. The molecule has 0 bridgehead atoms. The Morgan fingerprint density at radius 2 is 1.65 bits per heavy atom. The van der Waals surface area contributed by atoms with Crippen LogP contribution in [0.1, 0.15) is 27.0 Å². The van der Waals surface area contributed by atoms with E-state index in [4.69, 9.17) is 23.2 Å². The highest BCUT2D eigenvalue weighted by Crippen LogP contribution is 2.32. The van der Waals surface area contributed by atoms with Crippen LogP contribution in [-0.2, 0) is 0 Å². The maximum absolute atomic E-state index is 10.3. The van der Waals surface area contributed by atoms with Crippen molar-refractivity contribution in [2.75, 3.05) is 0 Å². The lowest BCUT2D eigenvalue weighted by atomic mass is 10.0. The van der Waals surface area contributed by atoms with Crippen molar-refractivity contribution in [1.82, 2.24) is 0 Å². The second kappa shape index (κ2) is 4.99. The summed E-state index contributed by atoms with van der Waals surface area (Å²) in [5.74, 6) is 0. The molecule has 90 valence electrons. The quantitative estimate of drug-likeness (QED) is 0.844. The van der Waals surface area contributed by atoms with Crippen LogP contribution in [0.4, 0.5) is 0 Å². The van der Waals surface area contributed by atoms with Crippen LogP contribution in [0.15, 0.2) is 24.3 Å². The summed E-state index contributed by atoms with van der Waals surface area (Å²) in [6.45, 7) is 4.03. The van der Waals surface area contributed by atoms with E-state index >= 15 is 0 Å². The first-order valence-electron chi connectivity index (χ1n) is 5.18. The molecule has 17 heavy (non-hydrogen) atoms. The predicted molar refractivity (Wildman–Crippen MR) is 74.3 cm³/mol. The van der Waals surface area contributed by atoms with Gasteiger partial charge in [0.1, 0.15) is 6.10 Å². The van der Waals surface area contributed by atoms with Gasteiger partial charge in [-0.15, -0.1) is 11.3 Å². The molecule has 0 amide bonds. The summed E-state index contributed by atoms with van der Waals surface area (Å²) in [4.78, 5) is 2.30. The smallest absolute Gasteiger partial charge is 0.105 e. The number of benzene rings is 1. The van der Waals surface area contributed by atoms with E-state index in [1.807, 2.05) is 19.9 Å². The van der Waals surface area contributed by atoms with Crippen molar-refractivity contribution in [2.24, 2.45) is 0 Å². The second-order valence-electron chi connectivity index (χ2n) is 3.97. The zero-order chi connectivity index (χ0) is 12.6. The van der Waals surface area contributed by atoms with Gasteiger partial charge in [0.25, 0.3) is 0 Å². The molecule has 0 saturated carbocycles. The van der Waals surface area contributed by atoms with Crippen molar-refractivity contribution in [3.8, 4) is 0 Å². The van der Waals surface area contributed by atoms with Crippen molar-refractivity contribution in [3.63, 3.8) is 0 Å². The normalized spacial score (nSPS) is 12.8. The fourth-order valence-corrected chi connectivity index (χ4v) is 3.33. The lowest BCUT2D eigenvalue weighted by Gasteiger charge is -2.11. The van der Waals surface area contributed by atoms with Crippen LogP contribution in [0.2, 0.25) is 10.0 Å². The van der Waals surface area contributed by atoms with Gasteiger partial charge in [0, 0.05) is 19.8 Å². The minimum Gasteiger partial charge on any atom is -0.384 e. The zero-order valence-corrected chi connectivity index (χ0v) is 11.8. The van der Waals surface area contributed by atoms with Gasteiger partial charge in [-0.3, -0.25) is 0 Å². The van der Waals surface area contributed by atoms with E-state index in [1.165, 1.54) is 4.88 Å². The van der Waals surface area contributed by atoms with E-state index in [0.29, 0.717) is 10.0 Å². The number of aliphatic hydroxyl groups is 1. The first kappa shape index (κ1) is 12.9. The molecular formula is C13H12Cl2OS. The SMILES string of the molecule is Cc1cc(C(O)c2cc(Cl)cc(Cl)c2)c(C)s1. The highest BCUT2D eigenvalue weighted by Gasteiger charge is 2.16. The highest BCUT2D eigenvalue weighted by atomic mass is 35.5. The van der Waals surface area contributed by atoms with Gasteiger partial charge in [0.2, 0.25) is 0 Å². The third-order valence-electron chi connectivity index (χ3n) is 2.57. The maximum atomic E-state index is 10.3. The average Bonchev–Trinajstić information content (AvgIpc) is 2.55. The third kappa shape index (κ3) is 2.83. The number of aliphatic hydroxyl groups excluding tert-OH is 1. The maximum Gasteiger partial charge on any atom is 0.105 e. The van der Waals surface area contributed by atoms with Gasteiger partial charge in [0.15, 0.2) is 0 Å². The summed E-state index contributed by atoms with van der Waals surface area (Å²) in [6, 6.07) is 7.14. The molecule has 2 rings (SSSR count). The van der Waals surface area contributed by atoms with Crippen LogP contribution in [0, 0.1) is 13.8 Å². The summed E-state index contributed by atoms with van der Waals surface area (Å²) in [6.07, 6.45) is -0.670. The van der Waals surface area contributed by atoms with Gasteiger partial charge in [-0.25, -0.2) is 0 Å². The van der Waals surface area contributed by atoms with E-state index in [1.54, 1.807) is 29.5 Å². The second-order valence-corrected chi connectivity index (χ2v) is 6.31. The molecule has 0 spiro atoms. The first-order valence-corrected chi connectivity index (χ1v) is 6.75. The van der Waals surface area contributed by atoms with Crippen molar-refractivity contribution in [2.45, 2.75) is 20.0 Å². The molecule has 0 saturated heterocycles. The summed E-state index contributed by atoms with van der Waals surface area (Å²) < 4.78 is 0. The topological polar surface area (TPSA) is 20.2 Å². The number of rotatable bonds is 2. The van der Waals surface area contributed by atoms with Gasteiger partial charge in [-0.05, 0) is 49.2 Å². The van der Waals surface area contributed by atoms with Gasteiger partial charge in [0.05, 0.1) is 0 Å². The molecule has 2 aromatic rings. The van der Waals surface area contributed by atoms with Crippen LogP contribution in [-0.4, -0.2) is 5.11 Å². The van der Waals surface area contributed by atoms with Gasteiger partial charge in [-0.1, -0.05) is 23.2 Å². The zero-order valence-electron chi connectivity index (χ0n) is 9.50. The fourth-order valence-electron chi connectivity index (χ4n) is 1.83. The lowest BCUT2D eigenvalue weighted by molar-refractivity contribution is 0.220. The van der Waals surface area contributed by atoms with Crippen LogP contribution in [0.3, 0.4) is 0 Å². The molecule has 0 aliphatic carbocycles. The van der Waals surface area contributed by atoms with Gasteiger partial charge in [-0.2, -0.15) is 0 Å². The Morgan fingerprint density at radius 3 is 2.12 bits per heavy atom. The van der Waals surface area contributed by atoms with Gasteiger partial charge < -0.3 is 5.11 Å². The Bertz CT molecular complexity index is 528. The van der Waals surface area contributed by atoms with Gasteiger partial charge >= 0.3 is 0 Å². The predicted octanol–water partition coefficient (Wildman–Crippen LogP) is 4.75. The monoisotopic (exact) mass is 286 g/mol. The minimum atomic E-state index is -0.670. The lowest BCUT2D eigenvalue weighted by Crippen LogP contribution is -1.99. The molecule has 1 unspecified atom stereocenters. The van der Waals surface area contributed by atoms with Crippen molar-refractivity contribution in [1.29, 1.82) is 0 Å². The molecule has 0 aliphatic rings. The Labute approximate surface area is 115 Å². The van der Waals surface area contributed by atoms with E-state index < -0.39 is 6.10 Å². The molecule has 4 heteroatoms. The van der Waals surface area contributed by atoms with Crippen LogP contribution in [0.25, 0.3) is 0 Å². The Balaban J connectivity index is 2.43. The standard InChI is InChI=1S/C13H12Cl2OS/c1-7-3-12(8(2)17-7)13(16)9-4-10(14)6-11(15)5-9/h3-6,13,16H,1-2H3. The fraction of sp³-hybridized carbons (Fsp3) is 0.231. The first-order chi connectivity index (χ1) is 7.97. The van der Waals surface area contributed by atoms with E-state index in [0.717, 1.165) is 16.0 Å². The van der Waals surface area contributed by atoms with Crippen LogP contribution in [0.5, 0.6) is 0 Å². The number of hydrogen-bond acceptors (Lipinski definition) is 2. The van der Waals surface area contributed by atoms with E-state index in [9.17, 15) is 5.11 Å². The molecule has 1 aromatic carbocycles. The number of hydrogen-bond donors (Lipinski definition) is 1. The largest absolute Gasteiger partial charge is 0.384 e. The molecule has 1 N–H and O–H groups in total. The Hall–Kier alpha value is -0.540. The van der Waals surface area contributed by atoms with Crippen LogP contribution < -0.4 is 0 Å². The summed E-state index contributed by atoms with van der Waals surface area (Å²) in [5.41, 5.74) is 1.65. The molecule has 1 heterocycles. The number of aryl methyl sites for hydroxylation is 2. The van der Waals surface area contributed by atoms with E-state index in [-0.39, 0.29) is 0 Å². The van der Waals surface area contributed by atoms with Crippen molar-refractivity contribution < 1.29 is 5.11 Å². The molecule has 0 fully saturated rings. The summed E-state index contributed by atoms with van der Waals surface area (Å²) >= 11 is 13.5. The molecular weight excluding hydrogens is 275 g/mol. The molecule has 1 aromatic heterocycles. The van der Waals surface area contributed by atoms with E-state index in [2.05, 4.69) is 0 Å². The third-order valence-corrected chi connectivity index (χ3v) is 3.99.